The van der Waals surface area contributed by atoms with Crippen LogP contribution in [0.4, 0.5) is 0 Å². The van der Waals surface area contributed by atoms with Crippen LogP contribution in [0.15, 0.2) is 18.2 Å². The monoisotopic (exact) mass is 325 g/mol. The van der Waals surface area contributed by atoms with Crippen LogP contribution >= 0.6 is 11.6 Å². The van der Waals surface area contributed by atoms with Crippen LogP contribution in [0.5, 0.6) is 5.75 Å². The van der Waals surface area contributed by atoms with Gasteiger partial charge in [-0.25, -0.2) is 0 Å². The van der Waals surface area contributed by atoms with E-state index in [2.05, 4.69) is 5.32 Å². The molecule has 2 saturated heterocycles. The minimum Gasteiger partial charge on any atom is -0.506 e. The number of phenols is 1. The van der Waals surface area contributed by atoms with Gasteiger partial charge in [-0.15, -0.1) is 0 Å². The van der Waals surface area contributed by atoms with Crippen LogP contribution in [0.2, 0.25) is 5.02 Å². The molecule has 122 valence electrons. The van der Waals surface area contributed by atoms with E-state index in [0.29, 0.717) is 11.6 Å². The number of ether oxygens (including phenoxy) is 2. The van der Waals surface area contributed by atoms with Crippen molar-refractivity contribution in [3.63, 3.8) is 0 Å². The van der Waals surface area contributed by atoms with Gasteiger partial charge in [-0.05, 0) is 56.3 Å². The summed E-state index contributed by atoms with van der Waals surface area (Å²) in [5.41, 5.74) is 1.21. The van der Waals surface area contributed by atoms with Gasteiger partial charge in [0.25, 0.3) is 0 Å². The lowest BCUT2D eigenvalue weighted by molar-refractivity contribution is -0.164. The average molecular weight is 326 g/mol. The Morgan fingerprint density at radius 3 is 3.00 bits per heavy atom. The van der Waals surface area contributed by atoms with Crippen LogP contribution in [-0.4, -0.2) is 37.7 Å². The summed E-state index contributed by atoms with van der Waals surface area (Å²) < 4.78 is 11.5. The Bertz CT molecular complexity index is 497. The van der Waals surface area contributed by atoms with Crippen LogP contribution in [0.1, 0.15) is 37.7 Å². The molecule has 0 aliphatic carbocycles. The maximum atomic E-state index is 9.63. The molecule has 0 aromatic heterocycles. The summed E-state index contributed by atoms with van der Waals surface area (Å²) in [7, 11) is 0. The predicted molar refractivity (Wildman–Crippen MR) is 86.4 cm³/mol. The van der Waals surface area contributed by atoms with Crippen molar-refractivity contribution in [3.8, 4) is 5.75 Å². The molecule has 2 unspecified atom stereocenters. The lowest BCUT2D eigenvalue weighted by atomic mass is 9.77. The van der Waals surface area contributed by atoms with Gasteiger partial charge in [0.15, 0.2) is 6.29 Å². The summed E-state index contributed by atoms with van der Waals surface area (Å²) in [6, 6.07) is 5.55. The maximum absolute atomic E-state index is 9.63. The van der Waals surface area contributed by atoms with Crippen molar-refractivity contribution in [2.24, 2.45) is 0 Å². The van der Waals surface area contributed by atoms with Gasteiger partial charge in [0.2, 0.25) is 0 Å². The number of nitrogens with one attached hydrogen (secondary N) is 1. The van der Waals surface area contributed by atoms with Crippen LogP contribution in [-0.2, 0) is 14.9 Å². The Kier molecular flexibility index (Phi) is 5.24. The summed E-state index contributed by atoms with van der Waals surface area (Å²) in [6.07, 6.45) is 5.27. The average Bonchev–Trinajstić information content (AvgIpc) is 3.01. The third kappa shape index (κ3) is 3.57. The zero-order valence-electron chi connectivity index (χ0n) is 12.8. The standard InChI is InChI=1S/C17H24ClNO3/c18-14-11-13(4-5-15(14)20)17(6-8-19-12-17)7-10-22-16-3-1-2-9-21-16/h4-5,11,16,19-20H,1-3,6-10,12H2. The van der Waals surface area contributed by atoms with E-state index in [1.54, 1.807) is 6.07 Å². The zero-order chi connectivity index (χ0) is 15.4. The Hall–Kier alpha value is -0.810. The first-order chi connectivity index (χ1) is 10.7. The molecule has 1 aromatic carbocycles. The van der Waals surface area contributed by atoms with E-state index in [1.807, 2.05) is 12.1 Å². The number of aromatic hydroxyl groups is 1. The van der Waals surface area contributed by atoms with Gasteiger partial charge >= 0.3 is 0 Å². The fourth-order valence-electron chi connectivity index (χ4n) is 3.41. The first kappa shape index (κ1) is 16.1. The third-order valence-corrected chi connectivity index (χ3v) is 5.13. The molecular weight excluding hydrogens is 302 g/mol. The van der Waals surface area contributed by atoms with Crippen molar-refractivity contribution in [2.75, 3.05) is 26.3 Å². The smallest absolute Gasteiger partial charge is 0.157 e. The fraction of sp³-hybridized carbons (Fsp3) is 0.647. The second-order valence-corrected chi connectivity index (χ2v) is 6.70. The first-order valence-corrected chi connectivity index (χ1v) is 8.50. The number of hydrogen-bond acceptors (Lipinski definition) is 4. The molecule has 2 atom stereocenters. The summed E-state index contributed by atoms with van der Waals surface area (Å²) in [5.74, 6) is 0.137. The number of hydrogen-bond donors (Lipinski definition) is 2. The van der Waals surface area contributed by atoms with Gasteiger partial charge < -0.3 is 19.9 Å². The predicted octanol–water partition coefficient (Wildman–Crippen LogP) is 3.21. The largest absolute Gasteiger partial charge is 0.506 e. The fourth-order valence-corrected chi connectivity index (χ4v) is 3.59. The van der Waals surface area contributed by atoms with E-state index in [9.17, 15) is 5.11 Å². The van der Waals surface area contributed by atoms with Gasteiger partial charge in [0.1, 0.15) is 5.75 Å². The van der Waals surface area contributed by atoms with Crippen molar-refractivity contribution >= 4 is 11.6 Å². The maximum Gasteiger partial charge on any atom is 0.157 e. The topological polar surface area (TPSA) is 50.7 Å². The SMILES string of the molecule is Oc1ccc(C2(CCOC3CCCCO3)CCNC2)cc1Cl. The molecule has 0 saturated carbocycles. The normalized spacial score (nSPS) is 28.9. The first-order valence-electron chi connectivity index (χ1n) is 8.13. The summed E-state index contributed by atoms with van der Waals surface area (Å²) in [4.78, 5) is 0. The summed E-state index contributed by atoms with van der Waals surface area (Å²) in [5, 5.41) is 13.5. The Morgan fingerprint density at radius 1 is 1.41 bits per heavy atom. The Balaban J connectivity index is 1.64. The number of phenolic OH excluding ortho intramolecular Hbond substituents is 1. The molecule has 2 fully saturated rings. The molecule has 22 heavy (non-hydrogen) atoms. The van der Waals surface area contributed by atoms with E-state index in [1.165, 1.54) is 12.0 Å². The summed E-state index contributed by atoms with van der Waals surface area (Å²) >= 11 is 6.09. The Labute approximate surface area is 136 Å². The molecule has 0 amide bonds. The minimum atomic E-state index is -0.0384. The minimum absolute atomic E-state index is 0.0337. The second-order valence-electron chi connectivity index (χ2n) is 6.29. The molecule has 2 aliphatic rings. The molecular formula is C17H24ClNO3. The van der Waals surface area contributed by atoms with Crippen molar-refractivity contribution < 1.29 is 14.6 Å². The molecule has 0 radical (unpaired) electrons. The van der Waals surface area contributed by atoms with Crippen molar-refractivity contribution in [1.29, 1.82) is 0 Å². The highest BCUT2D eigenvalue weighted by molar-refractivity contribution is 6.32. The van der Waals surface area contributed by atoms with Gasteiger partial charge in [-0.1, -0.05) is 17.7 Å². The van der Waals surface area contributed by atoms with Crippen molar-refractivity contribution in [2.45, 2.75) is 43.8 Å². The third-order valence-electron chi connectivity index (χ3n) is 4.83. The van der Waals surface area contributed by atoms with Crippen molar-refractivity contribution in [3.05, 3.63) is 28.8 Å². The number of halogens is 1. The molecule has 2 aliphatic heterocycles. The highest BCUT2D eigenvalue weighted by Crippen LogP contribution is 2.37. The molecule has 2 N–H and O–H groups in total. The van der Waals surface area contributed by atoms with Crippen LogP contribution in [0.25, 0.3) is 0 Å². The highest BCUT2D eigenvalue weighted by atomic mass is 35.5. The number of benzene rings is 1. The van der Waals surface area contributed by atoms with Gasteiger partial charge in [0, 0.05) is 18.6 Å². The summed E-state index contributed by atoms with van der Waals surface area (Å²) in [6.45, 7) is 3.41. The van der Waals surface area contributed by atoms with E-state index >= 15 is 0 Å². The van der Waals surface area contributed by atoms with Crippen LogP contribution in [0.3, 0.4) is 0 Å². The molecule has 2 heterocycles. The molecule has 0 bridgehead atoms. The lowest BCUT2D eigenvalue weighted by Crippen LogP contribution is -2.32. The second kappa shape index (κ2) is 7.18. The molecule has 4 nitrogen and oxygen atoms in total. The molecule has 5 heteroatoms. The van der Waals surface area contributed by atoms with E-state index in [0.717, 1.165) is 45.4 Å². The van der Waals surface area contributed by atoms with Gasteiger partial charge in [-0.3, -0.25) is 0 Å². The molecule has 0 spiro atoms. The van der Waals surface area contributed by atoms with Crippen LogP contribution < -0.4 is 5.32 Å². The van der Waals surface area contributed by atoms with E-state index in [4.69, 9.17) is 21.1 Å². The quantitative estimate of drug-likeness (QED) is 0.873. The van der Waals surface area contributed by atoms with E-state index in [-0.39, 0.29) is 17.5 Å². The zero-order valence-corrected chi connectivity index (χ0v) is 13.6. The number of rotatable bonds is 5. The van der Waals surface area contributed by atoms with Crippen LogP contribution in [0, 0.1) is 0 Å². The van der Waals surface area contributed by atoms with Gasteiger partial charge in [-0.2, -0.15) is 0 Å². The molecule has 3 rings (SSSR count). The van der Waals surface area contributed by atoms with E-state index < -0.39 is 0 Å². The van der Waals surface area contributed by atoms with Crippen molar-refractivity contribution in [1.82, 2.24) is 5.32 Å². The highest BCUT2D eigenvalue weighted by Gasteiger charge is 2.36. The Morgan fingerprint density at radius 2 is 2.32 bits per heavy atom. The molecule has 1 aromatic rings. The lowest BCUT2D eigenvalue weighted by Gasteiger charge is -2.30. The van der Waals surface area contributed by atoms with Gasteiger partial charge in [0.05, 0.1) is 11.6 Å².